The molecule has 0 unspecified atom stereocenters. The third kappa shape index (κ3) is 3.73. The molecule has 2 fully saturated rings. The van der Waals surface area contributed by atoms with Crippen molar-refractivity contribution < 1.29 is 14.3 Å². The summed E-state index contributed by atoms with van der Waals surface area (Å²) in [4.78, 5) is 27.5. The van der Waals surface area contributed by atoms with Crippen molar-refractivity contribution >= 4 is 11.9 Å². The second-order valence-corrected chi connectivity index (χ2v) is 8.27. The zero-order valence-electron chi connectivity index (χ0n) is 15.7. The van der Waals surface area contributed by atoms with Gasteiger partial charge in [-0.3, -0.25) is 9.59 Å². The van der Waals surface area contributed by atoms with E-state index in [0.717, 1.165) is 31.2 Å². The number of hydrogen-bond donors (Lipinski definition) is 0. The molecule has 2 aliphatic rings. The minimum atomic E-state index is -0.478. The number of esters is 1. The molecule has 4 nitrogen and oxygen atoms in total. The summed E-state index contributed by atoms with van der Waals surface area (Å²) >= 11 is 0. The summed E-state index contributed by atoms with van der Waals surface area (Å²) in [5.41, 5.74) is 1.86. The maximum absolute atomic E-state index is 13.0. The molecule has 0 radical (unpaired) electrons. The molecule has 1 aromatic rings. The van der Waals surface area contributed by atoms with Crippen LogP contribution in [0.4, 0.5) is 0 Å². The Morgan fingerprint density at radius 2 is 1.84 bits per heavy atom. The van der Waals surface area contributed by atoms with Gasteiger partial charge in [0.15, 0.2) is 0 Å². The van der Waals surface area contributed by atoms with Gasteiger partial charge in [0.2, 0.25) is 5.91 Å². The molecule has 0 spiro atoms. The summed E-state index contributed by atoms with van der Waals surface area (Å²) < 4.78 is 5.58. The number of aryl methyl sites for hydroxylation is 1. The lowest BCUT2D eigenvalue weighted by Gasteiger charge is -2.27. The number of fused-ring (bicyclic) bond motifs is 2. The normalized spacial score (nSPS) is 25.3. The van der Waals surface area contributed by atoms with Crippen molar-refractivity contribution in [3.8, 4) is 0 Å². The lowest BCUT2D eigenvalue weighted by atomic mass is 9.89. The Hall–Kier alpha value is -1.84. The highest BCUT2D eigenvalue weighted by molar-refractivity contribution is 5.83. The minimum Gasteiger partial charge on any atom is -0.460 e. The molecule has 1 amide bonds. The van der Waals surface area contributed by atoms with E-state index in [0.29, 0.717) is 6.42 Å². The van der Waals surface area contributed by atoms with Gasteiger partial charge >= 0.3 is 5.97 Å². The summed E-state index contributed by atoms with van der Waals surface area (Å²) in [6.45, 7) is 7.79. The van der Waals surface area contributed by atoms with E-state index in [9.17, 15) is 9.59 Å². The van der Waals surface area contributed by atoms with Crippen LogP contribution in [0, 0.1) is 5.92 Å². The van der Waals surface area contributed by atoms with E-state index in [-0.39, 0.29) is 29.9 Å². The predicted octanol–water partition coefficient (Wildman–Crippen LogP) is 3.51. The number of rotatable bonds is 4. The molecule has 2 saturated heterocycles. The van der Waals surface area contributed by atoms with Crippen LogP contribution in [0.5, 0.6) is 0 Å². The van der Waals surface area contributed by atoms with Crippen LogP contribution in [-0.2, 0) is 27.2 Å². The molecule has 2 aliphatic heterocycles. The van der Waals surface area contributed by atoms with E-state index < -0.39 is 5.60 Å². The predicted molar refractivity (Wildman–Crippen MR) is 97.1 cm³/mol. The number of carbonyl (C=O) groups is 2. The fourth-order valence-electron chi connectivity index (χ4n) is 4.34. The van der Waals surface area contributed by atoms with Gasteiger partial charge in [-0.05, 0) is 57.6 Å². The summed E-state index contributed by atoms with van der Waals surface area (Å²) in [7, 11) is 0. The van der Waals surface area contributed by atoms with Crippen LogP contribution in [0.25, 0.3) is 0 Å². The third-order valence-corrected chi connectivity index (χ3v) is 5.38. The summed E-state index contributed by atoms with van der Waals surface area (Å²) in [6, 6.07) is 8.35. The van der Waals surface area contributed by atoms with Crippen LogP contribution in [0.3, 0.4) is 0 Å². The standard InChI is InChI=1S/C21H29NO3/c1-5-14-8-6-7-9-15(14)12-19(23)22-16-10-11-18(22)17(13-16)20(24)25-21(2,3)4/h6-9,16-18H,5,10-13H2,1-4H3/t16-,17+,18-/m0/s1. The topological polar surface area (TPSA) is 46.6 Å². The quantitative estimate of drug-likeness (QED) is 0.786. The first-order valence-electron chi connectivity index (χ1n) is 9.41. The van der Waals surface area contributed by atoms with Gasteiger partial charge in [-0.1, -0.05) is 31.2 Å². The highest BCUT2D eigenvalue weighted by atomic mass is 16.6. The third-order valence-electron chi connectivity index (χ3n) is 5.38. The summed E-state index contributed by atoms with van der Waals surface area (Å²) in [6.07, 6.45) is 4.02. The Bertz CT molecular complexity index is 661. The van der Waals surface area contributed by atoms with Crippen molar-refractivity contribution in [3.63, 3.8) is 0 Å². The molecular weight excluding hydrogens is 314 g/mol. The fourth-order valence-corrected chi connectivity index (χ4v) is 4.34. The number of hydrogen-bond acceptors (Lipinski definition) is 3. The van der Waals surface area contributed by atoms with E-state index in [1.165, 1.54) is 5.56 Å². The molecule has 0 aliphatic carbocycles. The summed E-state index contributed by atoms with van der Waals surface area (Å²) in [5.74, 6) is -0.158. The van der Waals surface area contributed by atoms with Crippen LogP contribution >= 0.6 is 0 Å². The average Bonchev–Trinajstić information content (AvgIpc) is 3.11. The van der Waals surface area contributed by atoms with Crippen molar-refractivity contribution in [2.75, 3.05) is 0 Å². The molecule has 0 aromatic heterocycles. The minimum absolute atomic E-state index is 0.0149. The average molecular weight is 343 g/mol. The van der Waals surface area contributed by atoms with Crippen LogP contribution in [0.2, 0.25) is 0 Å². The van der Waals surface area contributed by atoms with Gasteiger partial charge in [-0.15, -0.1) is 0 Å². The largest absolute Gasteiger partial charge is 0.460 e. The van der Waals surface area contributed by atoms with Crippen LogP contribution in [0.15, 0.2) is 24.3 Å². The molecule has 0 N–H and O–H groups in total. The van der Waals surface area contributed by atoms with Crippen molar-refractivity contribution in [3.05, 3.63) is 35.4 Å². The molecule has 2 heterocycles. The Morgan fingerprint density at radius 1 is 1.16 bits per heavy atom. The number of amides is 1. The molecule has 0 saturated carbocycles. The first kappa shape index (κ1) is 18.0. The zero-order chi connectivity index (χ0) is 18.2. The lowest BCUT2D eigenvalue weighted by Crippen LogP contribution is -2.40. The highest BCUT2D eigenvalue weighted by Gasteiger charge is 2.52. The van der Waals surface area contributed by atoms with Crippen molar-refractivity contribution in [1.82, 2.24) is 4.90 Å². The monoisotopic (exact) mass is 343 g/mol. The van der Waals surface area contributed by atoms with Gasteiger partial charge in [0.1, 0.15) is 5.60 Å². The molecule has 3 atom stereocenters. The van der Waals surface area contributed by atoms with E-state index in [4.69, 9.17) is 4.74 Å². The van der Waals surface area contributed by atoms with Crippen LogP contribution in [0.1, 0.15) is 58.1 Å². The SMILES string of the molecule is CCc1ccccc1CC(=O)N1[C@H]2CC[C@H]1[C@H](C(=O)OC(C)(C)C)C2. The number of nitrogens with zero attached hydrogens (tertiary/aromatic N) is 1. The molecular formula is C21H29NO3. The van der Waals surface area contributed by atoms with Crippen LogP contribution in [-0.4, -0.2) is 34.5 Å². The second-order valence-electron chi connectivity index (χ2n) is 8.27. The van der Waals surface area contributed by atoms with Gasteiger partial charge in [-0.2, -0.15) is 0 Å². The van der Waals surface area contributed by atoms with Gasteiger partial charge < -0.3 is 9.64 Å². The van der Waals surface area contributed by atoms with E-state index in [2.05, 4.69) is 13.0 Å². The number of carbonyl (C=O) groups excluding carboxylic acids is 2. The van der Waals surface area contributed by atoms with Gasteiger partial charge in [0.25, 0.3) is 0 Å². The van der Waals surface area contributed by atoms with Crippen molar-refractivity contribution in [2.45, 2.75) is 77.5 Å². The van der Waals surface area contributed by atoms with Crippen molar-refractivity contribution in [1.29, 1.82) is 0 Å². The van der Waals surface area contributed by atoms with Crippen molar-refractivity contribution in [2.24, 2.45) is 5.92 Å². The highest BCUT2D eigenvalue weighted by Crippen LogP contribution is 2.43. The van der Waals surface area contributed by atoms with E-state index >= 15 is 0 Å². The maximum Gasteiger partial charge on any atom is 0.311 e. The molecule has 25 heavy (non-hydrogen) atoms. The Labute approximate surface area is 150 Å². The fraction of sp³-hybridized carbons (Fsp3) is 0.619. The molecule has 1 aromatic carbocycles. The lowest BCUT2D eigenvalue weighted by molar-refractivity contribution is -0.161. The molecule has 3 rings (SSSR count). The molecule has 4 heteroatoms. The number of ether oxygens (including phenoxy) is 1. The number of benzene rings is 1. The van der Waals surface area contributed by atoms with Gasteiger partial charge in [0, 0.05) is 12.1 Å². The summed E-state index contributed by atoms with van der Waals surface area (Å²) in [5, 5.41) is 0. The Balaban J connectivity index is 1.71. The molecule has 136 valence electrons. The first-order chi connectivity index (χ1) is 11.8. The Kier molecular flexibility index (Phi) is 4.90. The van der Waals surface area contributed by atoms with Crippen LogP contribution < -0.4 is 0 Å². The zero-order valence-corrected chi connectivity index (χ0v) is 15.7. The van der Waals surface area contributed by atoms with E-state index in [1.807, 2.05) is 43.9 Å². The van der Waals surface area contributed by atoms with E-state index in [1.54, 1.807) is 0 Å². The maximum atomic E-state index is 13.0. The van der Waals surface area contributed by atoms with Gasteiger partial charge in [0.05, 0.1) is 12.3 Å². The Morgan fingerprint density at radius 3 is 2.48 bits per heavy atom. The molecule has 2 bridgehead atoms. The smallest absolute Gasteiger partial charge is 0.311 e. The first-order valence-corrected chi connectivity index (χ1v) is 9.41. The van der Waals surface area contributed by atoms with Gasteiger partial charge in [-0.25, -0.2) is 0 Å². The second kappa shape index (κ2) is 6.81.